The van der Waals surface area contributed by atoms with Gasteiger partial charge in [-0.15, -0.1) is 0 Å². The molecule has 0 saturated carbocycles. The van der Waals surface area contributed by atoms with Gasteiger partial charge < -0.3 is 15.2 Å². The van der Waals surface area contributed by atoms with Crippen LogP contribution in [0.3, 0.4) is 0 Å². The van der Waals surface area contributed by atoms with Crippen LogP contribution < -0.4 is 10.1 Å². The maximum atomic E-state index is 10.6. The van der Waals surface area contributed by atoms with Crippen molar-refractivity contribution in [2.45, 2.75) is 44.8 Å². The van der Waals surface area contributed by atoms with Crippen LogP contribution >= 0.6 is 0 Å². The van der Waals surface area contributed by atoms with Crippen LogP contribution in [0.1, 0.15) is 31.7 Å². The molecule has 0 amide bonds. The lowest BCUT2D eigenvalue weighted by Crippen LogP contribution is -2.44. The van der Waals surface area contributed by atoms with Gasteiger partial charge in [0.1, 0.15) is 11.9 Å². The van der Waals surface area contributed by atoms with E-state index in [9.17, 15) is 4.79 Å². The average molecular weight is 263 g/mol. The Morgan fingerprint density at radius 2 is 2.16 bits per heavy atom. The topological polar surface area (TPSA) is 58.6 Å². The third kappa shape index (κ3) is 4.24. The summed E-state index contributed by atoms with van der Waals surface area (Å²) < 4.78 is 5.90. The molecule has 0 aromatic heterocycles. The number of ether oxygens (including phenoxy) is 1. The van der Waals surface area contributed by atoms with Crippen molar-refractivity contribution in [1.29, 1.82) is 0 Å². The highest BCUT2D eigenvalue weighted by Gasteiger charge is 2.20. The minimum absolute atomic E-state index is 0.0556. The molecule has 4 heteroatoms. The monoisotopic (exact) mass is 263 g/mol. The zero-order valence-corrected chi connectivity index (χ0v) is 11.3. The molecule has 1 heterocycles. The Morgan fingerprint density at radius 3 is 2.74 bits per heavy atom. The van der Waals surface area contributed by atoms with Crippen LogP contribution in [0.25, 0.3) is 0 Å². The van der Waals surface area contributed by atoms with Crippen molar-refractivity contribution >= 4 is 5.97 Å². The highest BCUT2D eigenvalue weighted by Crippen LogP contribution is 2.18. The molecule has 104 valence electrons. The fraction of sp³-hybridized carbons (Fsp3) is 0.533. The van der Waals surface area contributed by atoms with Crippen molar-refractivity contribution in [3.63, 3.8) is 0 Å². The molecule has 0 radical (unpaired) electrons. The zero-order valence-electron chi connectivity index (χ0n) is 11.3. The molecule has 1 saturated heterocycles. The Morgan fingerprint density at radius 1 is 1.42 bits per heavy atom. The first-order valence-electron chi connectivity index (χ1n) is 6.86. The quantitative estimate of drug-likeness (QED) is 0.855. The van der Waals surface area contributed by atoms with Crippen LogP contribution in [0.2, 0.25) is 0 Å². The van der Waals surface area contributed by atoms with E-state index >= 15 is 0 Å². The maximum Gasteiger partial charge on any atom is 0.307 e. The summed E-state index contributed by atoms with van der Waals surface area (Å²) in [5, 5.41) is 12.2. The van der Waals surface area contributed by atoms with Crippen molar-refractivity contribution in [1.82, 2.24) is 5.32 Å². The molecule has 2 atom stereocenters. The van der Waals surface area contributed by atoms with E-state index < -0.39 is 5.97 Å². The first-order valence-corrected chi connectivity index (χ1v) is 6.86. The number of aliphatic carboxylic acids is 1. The van der Waals surface area contributed by atoms with Gasteiger partial charge in [-0.1, -0.05) is 18.6 Å². The summed E-state index contributed by atoms with van der Waals surface area (Å²) in [4.78, 5) is 10.6. The fourth-order valence-corrected chi connectivity index (χ4v) is 2.44. The second kappa shape index (κ2) is 6.57. The number of carboxylic acid groups (broad SMARTS) is 1. The van der Waals surface area contributed by atoms with Gasteiger partial charge in [0.15, 0.2) is 0 Å². The summed E-state index contributed by atoms with van der Waals surface area (Å²) in [7, 11) is 0. The van der Waals surface area contributed by atoms with Gasteiger partial charge in [0.2, 0.25) is 0 Å². The molecule has 1 aliphatic heterocycles. The molecule has 1 aliphatic rings. The minimum Gasteiger partial charge on any atom is -0.489 e. The second-order valence-electron chi connectivity index (χ2n) is 5.09. The van der Waals surface area contributed by atoms with E-state index in [4.69, 9.17) is 9.84 Å². The first kappa shape index (κ1) is 13.9. The van der Waals surface area contributed by atoms with E-state index in [1.165, 1.54) is 12.8 Å². The molecule has 19 heavy (non-hydrogen) atoms. The molecule has 0 bridgehead atoms. The largest absolute Gasteiger partial charge is 0.489 e. The van der Waals surface area contributed by atoms with Crippen molar-refractivity contribution in [3.05, 3.63) is 29.8 Å². The number of rotatable bonds is 5. The number of benzene rings is 1. The van der Waals surface area contributed by atoms with Gasteiger partial charge in [0.05, 0.1) is 6.42 Å². The first-order chi connectivity index (χ1) is 9.15. The van der Waals surface area contributed by atoms with E-state index in [1.807, 2.05) is 24.3 Å². The van der Waals surface area contributed by atoms with Crippen molar-refractivity contribution < 1.29 is 14.6 Å². The molecule has 0 spiro atoms. The Kier molecular flexibility index (Phi) is 4.80. The normalized spacial score (nSPS) is 20.8. The lowest BCUT2D eigenvalue weighted by molar-refractivity contribution is -0.136. The Labute approximate surface area is 113 Å². The number of hydrogen-bond acceptors (Lipinski definition) is 3. The molecule has 2 unspecified atom stereocenters. The number of nitrogens with one attached hydrogen (secondary N) is 1. The predicted octanol–water partition coefficient (Wildman–Crippen LogP) is 2.22. The van der Waals surface area contributed by atoms with E-state index in [-0.39, 0.29) is 12.5 Å². The molecule has 1 aromatic rings. The van der Waals surface area contributed by atoms with Gasteiger partial charge in [0.25, 0.3) is 0 Å². The Hall–Kier alpha value is -1.55. The molecule has 1 fully saturated rings. The number of piperidine rings is 1. The van der Waals surface area contributed by atoms with Crippen molar-refractivity contribution in [2.75, 3.05) is 6.54 Å². The summed E-state index contributed by atoms with van der Waals surface area (Å²) >= 11 is 0. The number of carbonyl (C=O) groups is 1. The van der Waals surface area contributed by atoms with Gasteiger partial charge in [0, 0.05) is 6.04 Å². The highest BCUT2D eigenvalue weighted by molar-refractivity contribution is 5.70. The van der Waals surface area contributed by atoms with Crippen LogP contribution in [-0.2, 0) is 11.2 Å². The molecule has 2 N–H and O–H groups in total. The molecular formula is C15H21NO3. The van der Waals surface area contributed by atoms with E-state index in [0.29, 0.717) is 6.04 Å². The number of carboxylic acids is 1. The van der Waals surface area contributed by atoms with Crippen LogP contribution in [0.5, 0.6) is 5.75 Å². The summed E-state index contributed by atoms with van der Waals surface area (Å²) in [6.07, 6.45) is 3.83. The summed E-state index contributed by atoms with van der Waals surface area (Å²) in [6, 6.07) is 7.72. The van der Waals surface area contributed by atoms with E-state index in [1.54, 1.807) is 0 Å². The average Bonchev–Trinajstić information content (AvgIpc) is 2.41. The predicted molar refractivity (Wildman–Crippen MR) is 73.5 cm³/mol. The van der Waals surface area contributed by atoms with E-state index in [0.717, 1.165) is 24.3 Å². The van der Waals surface area contributed by atoms with Crippen LogP contribution in [0, 0.1) is 0 Å². The van der Waals surface area contributed by atoms with Gasteiger partial charge in [-0.05, 0) is 44.0 Å². The van der Waals surface area contributed by atoms with Gasteiger partial charge in [-0.25, -0.2) is 0 Å². The molecule has 1 aromatic carbocycles. The highest BCUT2D eigenvalue weighted by atomic mass is 16.5. The third-order valence-electron chi connectivity index (χ3n) is 3.52. The van der Waals surface area contributed by atoms with Crippen molar-refractivity contribution in [2.24, 2.45) is 0 Å². The Balaban J connectivity index is 1.89. The smallest absolute Gasteiger partial charge is 0.307 e. The Bertz CT molecular complexity index is 410. The van der Waals surface area contributed by atoms with Gasteiger partial charge in [-0.2, -0.15) is 0 Å². The second-order valence-corrected chi connectivity index (χ2v) is 5.09. The van der Waals surface area contributed by atoms with Crippen LogP contribution in [0.15, 0.2) is 24.3 Å². The number of hydrogen-bond donors (Lipinski definition) is 2. The lowest BCUT2D eigenvalue weighted by Gasteiger charge is -2.29. The van der Waals surface area contributed by atoms with E-state index in [2.05, 4.69) is 12.2 Å². The van der Waals surface area contributed by atoms with Crippen LogP contribution in [-0.4, -0.2) is 29.8 Å². The summed E-state index contributed by atoms with van der Waals surface area (Å²) in [5.41, 5.74) is 0.795. The molecular weight excluding hydrogens is 242 g/mol. The lowest BCUT2D eigenvalue weighted by atomic mass is 10.0. The SMILES string of the molecule is CC(Oc1ccc(CC(=O)O)cc1)C1CCCCN1. The third-order valence-corrected chi connectivity index (χ3v) is 3.52. The summed E-state index contributed by atoms with van der Waals surface area (Å²) in [5.74, 6) is -0.0116. The van der Waals surface area contributed by atoms with Gasteiger partial charge in [-0.3, -0.25) is 4.79 Å². The minimum atomic E-state index is -0.812. The zero-order chi connectivity index (χ0) is 13.7. The standard InChI is InChI=1S/C15H21NO3/c1-11(14-4-2-3-9-16-14)19-13-7-5-12(6-8-13)10-15(17)18/h5-8,11,14,16H,2-4,9-10H2,1H3,(H,17,18). The van der Waals surface area contributed by atoms with Gasteiger partial charge >= 0.3 is 5.97 Å². The summed E-state index contributed by atoms with van der Waals surface area (Å²) in [6.45, 7) is 3.14. The maximum absolute atomic E-state index is 10.6. The van der Waals surface area contributed by atoms with Crippen molar-refractivity contribution in [3.8, 4) is 5.75 Å². The molecule has 4 nitrogen and oxygen atoms in total. The fourth-order valence-electron chi connectivity index (χ4n) is 2.44. The van der Waals surface area contributed by atoms with Crippen LogP contribution in [0.4, 0.5) is 0 Å². The molecule has 0 aliphatic carbocycles. The molecule has 2 rings (SSSR count).